The van der Waals surface area contributed by atoms with Crippen LogP contribution in [0.4, 0.5) is 5.69 Å². The van der Waals surface area contributed by atoms with Crippen LogP contribution in [0.5, 0.6) is 0 Å². The van der Waals surface area contributed by atoms with Gasteiger partial charge in [0.05, 0.1) is 11.6 Å². The molecule has 120 valence electrons. The molecule has 0 saturated heterocycles. The summed E-state index contributed by atoms with van der Waals surface area (Å²) in [5.41, 5.74) is 1.61. The molecule has 0 bridgehead atoms. The summed E-state index contributed by atoms with van der Waals surface area (Å²) in [6.07, 6.45) is -0.314. The van der Waals surface area contributed by atoms with E-state index in [9.17, 15) is 14.7 Å². The van der Waals surface area contributed by atoms with E-state index in [1.165, 1.54) is 0 Å². The van der Waals surface area contributed by atoms with Crippen LogP contribution in [-0.4, -0.2) is 11.9 Å². The molecule has 0 heterocycles. The molecule has 0 saturated carbocycles. The highest BCUT2D eigenvalue weighted by Gasteiger charge is 2.26. The van der Waals surface area contributed by atoms with E-state index in [1.54, 1.807) is 6.07 Å². The Balaban J connectivity index is 2.22. The number of hydrogen-bond donors (Lipinski definition) is 1. The number of anilines is 1. The predicted octanol–water partition coefficient (Wildman–Crippen LogP) is 2.79. The molecule has 2 atom stereocenters. The summed E-state index contributed by atoms with van der Waals surface area (Å²) < 4.78 is 0.901. The van der Waals surface area contributed by atoms with Gasteiger partial charge in [-0.25, -0.2) is 0 Å². The summed E-state index contributed by atoms with van der Waals surface area (Å²) in [7, 11) is 0. The molecule has 2 aromatic carbocycles. The van der Waals surface area contributed by atoms with E-state index < -0.39 is 11.9 Å². The van der Waals surface area contributed by atoms with E-state index in [0.717, 1.165) is 9.13 Å². The number of aliphatic carboxylic acids is 1. The lowest BCUT2D eigenvalue weighted by atomic mass is 9.84. The lowest BCUT2D eigenvalue weighted by molar-refractivity contribution is -0.306. The number of carbonyl (C=O) groups excluding carboxylic acids is 2. The van der Waals surface area contributed by atoms with Crippen molar-refractivity contribution in [3.8, 4) is 0 Å². The second-order valence-electron chi connectivity index (χ2n) is 5.35. The SMILES string of the molecule is C[C@H](c1ccccc1)[C@H](CC(=O)[O-])C(=O)Nc1ccccc1I. The summed E-state index contributed by atoms with van der Waals surface area (Å²) in [6.45, 7) is 1.86. The molecule has 5 heteroatoms. The molecule has 0 radical (unpaired) electrons. The molecule has 2 rings (SSSR count). The number of amides is 1. The smallest absolute Gasteiger partial charge is 0.228 e. The normalized spacial score (nSPS) is 13.1. The summed E-state index contributed by atoms with van der Waals surface area (Å²) in [6, 6.07) is 16.8. The molecule has 0 unspecified atom stereocenters. The first-order chi connectivity index (χ1) is 11.0. The minimum Gasteiger partial charge on any atom is -0.550 e. The van der Waals surface area contributed by atoms with Crippen molar-refractivity contribution in [2.45, 2.75) is 19.3 Å². The Labute approximate surface area is 149 Å². The van der Waals surface area contributed by atoms with Gasteiger partial charge in [-0.15, -0.1) is 0 Å². The molecular formula is C18H17INO3-. The predicted molar refractivity (Wildman–Crippen MR) is 95.8 cm³/mol. The third-order valence-corrected chi connectivity index (χ3v) is 4.72. The zero-order chi connectivity index (χ0) is 16.8. The number of nitrogens with one attached hydrogen (secondary N) is 1. The van der Waals surface area contributed by atoms with Crippen LogP contribution in [-0.2, 0) is 9.59 Å². The Hall–Kier alpha value is -1.89. The molecule has 0 fully saturated rings. The molecule has 0 aliphatic heterocycles. The van der Waals surface area contributed by atoms with E-state index in [-0.39, 0.29) is 18.2 Å². The fourth-order valence-corrected chi connectivity index (χ4v) is 2.98. The van der Waals surface area contributed by atoms with Crippen LogP contribution < -0.4 is 10.4 Å². The molecule has 0 spiro atoms. The minimum absolute atomic E-state index is 0.226. The van der Waals surface area contributed by atoms with Crippen LogP contribution in [0.2, 0.25) is 0 Å². The molecule has 0 aliphatic carbocycles. The number of hydrogen-bond acceptors (Lipinski definition) is 3. The highest BCUT2D eigenvalue weighted by molar-refractivity contribution is 14.1. The topological polar surface area (TPSA) is 69.2 Å². The lowest BCUT2D eigenvalue weighted by Crippen LogP contribution is -2.34. The van der Waals surface area contributed by atoms with Gasteiger partial charge in [-0.2, -0.15) is 0 Å². The van der Waals surface area contributed by atoms with Gasteiger partial charge in [0.15, 0.2) is 0 Å². The summed E-state index contributed by atoms with van der Waals surface area (Å²) in [5.74, 6) is -2.46. The standard InChI is InChI=1S/C18H18INO3/c1-12(13-7-3-2-4-8-13)14(11-17(21)22)18(23)20-16-10-6-5-9-15(16)19/h2-10,12,14H,11H2,1H3,(H,20,23)(H,21,22)/p-1/t12-,14+/m1/s1. The van der Waals surface area contributed by atoms with E-state index in [1.807, 2.05) is 55.5 Å². The number of carboxylic acid groups (broad SMARTS) is 1. The van der Waals surface area contributed by atoms with E-state index in [0.29, 0.717) is 5.69 Å². The third kappa shape index (κ3) is 4.79. The monoisotopic (exact) mass is 422 g/mol. The largest absolute Gasteiger partial charge is 0.550 e. The second-order valence-corrected chi connectivity index (χ2v) is 6.51. The number of carbonyl (C=O) groups is 2. The van der Waals surface area contributed by atoms with Crippen LogP contribution in [0, 0.1) is 9.49 Å². The Bertz CT molecular complexity index is 688. The molecule has 1 amide bonds. The Morgan fingerprint density at radius 1 is 1.09 bits per heavy atom. The molecule has 2 aromatic rings. The van der Waals surface area contributed by atoms with Crippen LogP contribution >= 0.6 is 22.6 Å². The highest BCUT2D eigenvalue weighted by Crippen LogP contribution is 2.28. The van der Waals surface area contributed by atoms with Gasteiger partial charge in [-0.3, -0.25) is 4.79 Å². The first-order valence-corrected chi connectivity index (χ1v) is 8.37. The summed E-state index contributed by atoms with van der Waals surface area (Å²) >= 11 is 2.13. The van der Waals surface area contributed by atoms with Gasteiger partial charge in [-0.1, -0.05) is 49.4 Å². The molecule has 0 aromatic heterocycles. The fourth-order valence-electron chi connectivity index (χ4n) is 2.45. The fraction of sp³-hybridized carbons (Fsp3) is 0.222. The Morgan fingerprint density at radius 3 is 2.30 bits per heavy atom. The van der Waals surface area contributed by atoms with Gasteiger partial charge in [0.2, 0.25) is 5.91 Å². The van der Waals surface area contributed by atoms with Crippen LogP contribution in [0.15, 0.2) is 54.6 Å². The maximum atomic E-state index is 12.6. The molecule has 0 aliphatic rings. The van der Waals surface area contributed by atoms with Crippen molar-refractivity contribution < 1.29 is 14.7 Å². The van der Waals surface area contributed by atoms with Gasteiger partial charge < -0.3 is 15.2 Å². The number of carboxylic acids is 1. The molecule has 23 heavy (non-hydrogen) atoms. The third-order valence-electron chi connectivity index (χ3n) is 3.78. The number of rotatable bonds is 6. The van der Waals surface area contributed by atoms with Crippen LogP contribution in [0.3, 0.4) is 0 Å². The van der Waals surface area contributed by atoms with Crippen molar-refractivity contribution in [1.82, 2.24) is 0 Å². The number of halogens is 1. The van der Waals surface area contributed by atoms with Crippen molar-refractivity contribution in [3.05, 3.63) is 63.7 Å². The molecule has 4 nitrogen and oxygen atoms in total. The van der Waals surface area contributed by atoms with Gasteiger partial charge >= 0.3 is 0 Å². The van der Waals surface area contributed by atoms with Crippen molar-refractivity contribution in [3.63, 3.8) is 0 Å². The van der Waals surface area contributed by atoms with Crippen molar-refractivity contribution >= 4 is 40.2 Å². The first kappa shape index (κ1) is 17.5. The zero-order valence-electron chi connectivity index (χ0n) is 12.7. The quantitative estimate of drug-likeness (QED) is 0.729. The Kier molecular flexibility index (Phi) is 6.15. The lowest BCUT2D eigenvalue weighted by Gasteiger charge is -2.24. The summed E-state index contributed by atoms with van der Waals surface area (Å²) in [4.78, 5) is 23.7. The van der Waals surface area contributed by atoms with Crippen LogP contribution in [0.25, 0.3) is 0 Å². The maximum absolute atomic E-state index is 12.6. The van der Waals surface area contributed by atoms with Gasteiger partial charge in [0.1, 0.15) is 0 Å². The second kappa shape index (κ2) is 8.10. The number of para-hydroxylation sites is 1. The van der Waals surface area contributed by atoms with Gasteiger partial charge in [0, 0.05) is 9.54 Å². The molecular weight excluding hydrogens is 405 g/mol. The first-order valence-electron chi connectivity index (χ1n) is 7.29. The molecule has 1 N–H and O–H groups in total. The van der Waals surface area contributed by atoms with E-state index in [2.05, 4.69) is 27.9 Å². The average molecular weight is 422 g/mol. The van der Waals surface area contributed by atoms with Crippen molar-refractivity contribution in [1.29, 1.82) is 0 Å². The average Bonchev–Trinajstić information content (AvgIpc) is 2.54. The zero-order valence-corrected chi connectivity index (χ0v) is 14.8. The van der Waals surface area contributed by atoms with Gasteiger partial charge in [0.25, 0.3) is 0 Å². The van der Waals surface area contributed by atoms with Crippen molar-refractivity contribution in [2.75, 3.05) is 5.32 Å². The van der Waals surface area contributed by atoms with Crippen molar-refractivity contribution in [2.24, 2.45) is 5.92 Å². The van der Waals surface area contributed by atoms with Crippen LogP contribution in [0.1, 0.15) is 24.8 Å². The Morgan fingerprint density at radius 2 is 1.70 bits per heavy atom. The minimum atomic E-state index is -1.23. The highest BCUT2D eigenvalue weighted by atomic mass is 127. The summed E-state index contributed by atoms with van der Waals surface area (Å²) in [5, 5.41) is 13.9. The van der Waals surface area contributed by atoms with Gasteiger partial charge in [-0.05, 0) is 52.6 Å². The van der Waals surface area contributed by atoms with E-state index >= 15 is 0 Å². The maximum Gasteiger partial charge on any atom is 0.228 e. The number of benzene rings is 2. The van der Waals surface area contributed by atoms with E-state index in [4.69, 9.17) is 0 Å².